The van der Waals surface area contributed by atoms with Crippen LogP contribution >= 0.6 is 0 Å². The smallest absolute Gasteiger partial charge is 0.0323 e. The molecule has 0 aromatic heterocycles. The molecular formula is C11H22. The Hall–Kier alpha value is 0. The van der Waals surface area contributed by atoms with Crippen molar-refractivity contribution in [2.24, 2.45) is 16.7 Å². The van der Waals surface area contributed by atoms with Crippen LogP contribution in [0.25, 0.3) is 0 Å². The van der Waals surface area contributed by atoms with Crippen molar-refractivity contribution in [1.29, 1.82) is 0 Å². The van der Waals surface area contributed by atoms with E-state index < -0.39 is 0 Å². The molecule has 0 saturated heterocycles. The van der Waals surface area contributed by atoms with E-state index in [1.807, 2.05) is 0 Å². The number of rotatable bonds is 2. The van der Waals surface area contributed by atoms with Gasteiger partial charge in [-0.1, -0.05) is 34.6 Å². The highest BCUT2D eigenvalue weighted by atomic mass is 14.5. The van der Waals surface area contributed by atoms with E-state index in [2.05, 4.69) is 34.6 Å². The van der Waals surface area contributed by atoms with E-state index in [1.54, 1.807) is 0 Å². The Labute approximate surface area is 71.4 Å². The van der Waals surface area contributed by atoms with Gasteiger partial charge >= 0.3 is 0 Å². The minimum absolute atomic E-state index is 0.540. The molecule has 1 aliphatic carbocycles. The van der Waals surface area contributed by atoms with Crippen molar-refractivity contribution in [3.63, 3.8) is 0 Å². The molecule has 0 N–H and O–H groups in total. The lowest BCUT2D eigenvalue weighted by molar-refractivity contribution is 0.342. The third-order valence-electron chi connectivity index (χ3n) is 2.96. The molecule has 0 bridgehead atoms. The summed E-state index contributed by atoms with van der Waals surface area (Å²) in [6.45, 7) is 11.8. The fourth-order valence-electron chi connectivity index (χ4n) is 1.68. The maximum atomic E-state index is 2.39. The molecule has 0 spiro atoms. The molecule has 0 aliphatic heterocycles. The fourth-order valence-corrected chi connectivity index (χ4v) is 1.68. The highest BCUT2D eigenvalue weighted by Crippen LogP contribution is 2.54. The lowest BCUT2D eigenvalue weighted by Gasteiger charge is -2.18. The van der Waals surface area contributed by atoms with E-state index in [1.165, 1.54) is 19.3 Å². The van der Waals surface area contributed by atoms with Gasteiger partial charge in [0.2, 0.25) is 0 Å². The Bertz CT molecular complexity index is 137. The highest BCUT2D eigenvalue weighted by molar-refractivity contribution is 4.95. The van der Waals surface area contributed by atoms with E-state index in [4.69, 9.17) is 0 Å². The Morgan fingerprint density at radius 3 is 2.00 bits per heavy atom. The van der Waals surface area contributed by atoms with Gasteiger partial charge in [-0.05, 0) is 36.0 Å². The van der Waals surface area contributed by atoms with Crippen LogP contribution < -0.4 is 0 Å². The summed E-state index contributed by atoms with van der Waals surface area (Å²) in [6.07, 6.45) is 4.29. The fraction of sp³-hybridized carbons (Fsp3) is 1.00. The summed E-state index contributed by atoms with van der Waals surface area (Å²) in [7, 11) is 0. The number of hydrogen-bond acceptors (Lipinski definition) is 0. The molecule has 0 heterocycles. The van der Waals surface area contributed by atoms with Crippen molar-refractivity contribution < 1.29 is 0 Å². The molecule has 0 aromatic carbocycles. The summed E-state index contributed by atoms with van der Waals surface area (Å²) in [4.78, 5) is 0. The predicted octanol–water partition coefficient (Wildman–Crippen LogP) is 3.86. The first kappa shape index (κ1) is 9.09. The molecule has 0 aromatic rings. The first-order valence-corrected chi connectivity index (χ1v) is 4.81. The van der Waals surface area contributed by atoms with E-state index in [0.29, 0.717) is 10.8 Å². The van der Waals surface area contributed by atoms with Gasteiger partial charge in [0.05, 0.1) is 0 Å². The topological polar surface area (TPSA) is 0 Å². The molecule has 1 rings (SSSR count). The minimum Gasteiger partial charge on any atom is -0.0602 e. The zero-order valence-electron chi connectivity index (χ0n) is 8.70. The van der Waals surface area contributed by atoms with E-state index in [-0.39, 0.29) is 0 Å². The van der Waals surface area contributed by atoms with Crippen LogP contribution in [0, 0.1) is 16.7 Å². The molecule has 0 heteroatoms. The van der Waals surface area contributed by atoms with Gasteiger partial charge in [0, 0.05) is 0 Å². The van der Waals surface area contributed by atoms with Crippen molar-refractivity contribution >= 4 is 0 Å². The van der Waals surface area contributed by atoms with Gasteiger partial charge in [-0.25, -0.2) is 0 Å². The Balaban J connectivity index is 2.16. The second kappa shape index (κ2) is 2.50. The third kappa shape index (κ3) is 2.84. The maximum absolute atomic E-state index is 2.39. The van der Waals surface area contributed by atoms with Crippen molar-refractivity contribution in [2.45, 2.75) is 53.9 Å². The molecule has 1 unspecified atom stereocenters. The molecule has 1 aliphatic rings. The summed E-state index contributed by atoms with van der Waals surface area (Å²) < 4.78 is 0. The van der Waals surface area contributed by atoms with Crippen LogP contribution in [0.5, 0.6) is 0 Å². The first-order valence-electron chi connectivity index (χ1n) is 4.81. The third-order valence-corrected chi connectivity index (χ3v) is 2.96. The SMILES string of the molecule is CC(C)(C)CCC1CC1(C)C. The predicted molar refractivity (Wildman–Crippen MR) is 50.6 cm³/mol. The molecule has 11 heavy (non-hydrogen) atoms. The normalized spacial score (nSPS) is 28.6. The molecule has 0 radical (unpaired) electrons. The summed E-state index contributed by atoms with van der Waals surface area (Å²) in [6, 6.07) is 0. The largest absolute Gasteiger partial charge is 0.0602 e. The summed E-state index contributed by atoms with van der Waals surface area (Å²) in [5, 5.41) is 0. The highest BCUT2D eigenvalue weighted by Gasteiger charge is 2.44. The molecule has 1 atom stereocenters. The lowest BCUT2D eigenvalue weighted by Crippen LogP contribution is -2.05. The van der Waals surface area contributed by atoms with Crippen LogP contribution in [0.2, 0.25) is 0 Å². The Morgan fingerprint density at radius 1 is 1.27 bits per heavy atom. The zero-order chi connectivity index (χ0) is 8.70. The number of hydrogen-bond donors (Lipinski definition) is 0. The zero-order valence-corrected chi connectivity index (χ0v) is 8.70. The standard InChI is InChI=1S/C11H22/c1-10(2,3)7-6-9-8-11(9,4)5/h9H,6-8H2,1-5H3. The molecule has 0 amide bonds. The van der Waals surface area contributed by atoms with Crippen molar-refractivity contribution in [3.8, 4) is 0 Å². The van der Waals surface area contributed by atoms with Crippen molar-refractivity contribution in [1.82, 2.24) is 0 Å². The molecule has 0 nitrogen and oxygen atoms in total. The minimum atomic E-state index is 0.540. The van der Waals surface area contributed by atoms with Crippen LogP contribution in [0.3, 0.4) is 0 Å². The Kier molecular flexibility index (Phi) is 2.07. The lowest BCUT2D eigenvalue weighted by atomic mass is 9.88. The second-order valence-corrected chi connectivity index (χ2v) is 5.99. The molecule has 66 valence electrons. The van der Waals surface area contributed by atoms with Crippen LogP contribution in [0.15, 0.2) is 0 Å². The van der Waals surface area contributed by atoms with Gasteiger partial charge < -0.3 is 0 Å². The monoisotopic (exact) mass is 154 g/mol. The quantitative estimate of drug-likeness (QED) is 0.566. The average Bonchev–Trinajstić information content (AvgIpc) is 2.33. The molecular weight excluding hydrogens is 132 g/mol. The van der Waals surface area contributed by atoms with Gasteiger partial charge in [-0.2, -0.15) is 0 Å². The van der Waals surface area contributed by atoms with Crippen LogP contribution in [-0.4, -0.2) is 0 Å². The van der Waals surface area contributed by atoms with E-state index in [0.717, 1.165) is 5.92 Å². The summed E-state index contributed by atoms with van der Waals surface area (Å²) >= 11 is 0. The van der Waals surface area contributed by atoms with Gasteiger partial charge in [-0.15, -0.1) is 0 Å². The van der Waals surface area contributed by atoms with Crippen molar-refractivity contribution in [3.05, 3.63) is 0 Å². The second-order valence-electron chi connectivity index (χ2n) is 5.99. The maximum Gasteiger partial charge on any atom is -0.0323 e. The molecule has 1 fully saturated rings. The summed E-state index contributed by atoms with van der Waals surface area (Å²) in [5.41, 5.74) is 1.23. The molecule has 1 saturated carbocycles. The van der Waals surface area contributed by atoms with Crippen LogP contribution in [-0.2, 0) is 0 Å². The van der Waals surface area contributed by atoms with Gasteiger partial charge in [0.15, 0.2) is 0 Å². The van der Waals surface area contributed by atoms with Gasteiger partial charge in [-0.3, -0.25) is 0 Å². The van der Waals surface area contributed by atoms with Crippen LogP contribution in [0.1, 0.15) is 53.9 Å². The van der Waals surface area contributed by atoms with E-state index >= 15 is 0 Å². The summed E-state index contributed by atoms with van der Waals surface area (Å²) in [5.74, 6) is 1.03. The van der Waals surface area contributed by atoms with E-state index in [9.17, 15) is 0 Å². The Morgan fingerprint density at radius 2 is 1.73 bits per heavy atom. The first-order chi connectivity index (χ1) is 4.81. The van der Waals surface area contributed by atoms with Gasteiger partial charge in [0.25, 0.3) is 0 Å². The average molecular weight is 154 g/mol. The van der Waals surface area contributed by atoms with Crippen molar-refractivity contribution in [2.75, 3.05) is 0 Å². The van der Waals surface area contributed by atoms with Crippen LogP contribution in [0.4, 0.5) is 0 Å². The van der Waals surface area contributed by atoms with Gasteiger partial charge in [0.1, 0.15) is 0 Å².